The Labute approximate surface area is 93.4 Å². The van der Waals surface area contributed by atoms with E-state index in [4.69, 9.17) is 10.8 Å². The van der Waals surface area contributed by atoms with Gasteiger partial charge < -0.3 is 15.7 Å². The third-order valence-corrected chi connectivity index (χ3v) is 2.86. The average Bonchev–Trinajstić information content (AvgIpc) is 2.26. The molecule has 2 unspecified atom stereocenters. The van der Waals surface area contributed by atoms with Crippen molar-refractivity contribution in [2.24, 2.45) is 11.7 Å². The van der Waals surface area contributed by atoms with Crippen LogP contribution in [0.15, 0.2) is 0 Å². The van der Waals surface area contributed by atoms with Crippen molar-refractivity contribution in [1.29, 1.82) is 0 Å². The zero-order chi connectivity index (χ0) is 12.3. The Hall–Kier alpha value is -1.59. The van der Waals surface area contributed by atoms with E-state index in [-0.39, 0.29) is 0 Å². The van der Waals surface area contributed by atoms with Gasteiger partial charge in [-0.2, -0.15) is 0 Å². The van der Waals surface area contributed by atoms with Gasteiger partial charge in [-0.05, 0) is 26.2 Å². The molecule has 1 fully saturated rings. The number of aliphatic carboxylic acids is 1. The fourth-order valence-electron chi connectivity index (χ4n) is 1.85. The maximum absolute atomic E-state index is 11.8. The van der Waals surface area contributed by atoms with Crippen molar-refractivity contribution in [1.82, 2.24) is 4.90 Å². The molecule has 0 bridgehead atoms. The number of rotatable bonds is 3. The second kappa shape index (κ2) is 4.96. The molecule has 16 heavy (non-hydrogen) atoms. The summed E-state index contributed by atoms with van der Waals surface area (Å²) in [4.78, 5) is 34.9. The summed E-state index contributed by atoms with van der Waals surface area (Å²) in [6, 6.07) is -0.650. The van der Waals surface area contributed by atoms with Crippen LogP contribution < -0.4 is 5.73 Å². The molecule has 6 heteroatoms. The number of hydrogen-bond acceptors (Lipinski definition) is 3. The Bertz CT molecular complexity index is 316. The summed E-state index contributed by atoms with van der Waals surface area (Å²) in [6.07, 6.45) is 2.13. The minimum absolute atomic E-state index is 0.407. The van der Waals surface area contributed by atoms with E-state index in [1.165, 1.54) is 11.8 Å². The number of carbonyl (C=O) groups is 3. The van der Waals surface area contributed by atoms with Crippen LogP contribution in [0.1, 0.15) is 26.2 Å². The minimum atomic E-state index is -1.18. The first-order valence-electron chi connectivity index (χ1n) is 5.27. The molecular weight excluding hydrogens is 212 g/mol. The Kier molecular flexibility index (Phi) is 3.87. The van der Waals surface area contributed by atoms with Crippen LogP contribution in [0.3, 0.4) is 0 Å². The van der Waals surface area contributed by atoms with Crippen LogP contribution >= 0.6 is 0 Å². The average molecular weight is 228 g/mol. The van der Waals surface area contributed by atoms with Crippen LogP contribution in [0.2, 0.25) is 0 Å². The first kappa shape index (κ1) is 12.5. The maximum atomic E-state index is 11.8. The molecule has 1 heterocycles. The molecule has 0 aromatic rings. The van der Waals surface area contributed by atoms with Gasteiger partial charge >= 0.3 is 5.97 Å². The zero-order valence-corrected chi connectivity index (χ0v) is 9.18. The normalized spacial score (nSPS) is 22.6. The predicted octanol–water partition coefficient (Wildman–Crippen LogP) is -0.427. The van der Waals surface area contributed by atoms with Gasteiger partial charge in [0.25, 0.3) is 0 Å². The van der Waals surface area contributed by atoms with E-state index in [1.54, 1.807) is 0 Å². The summed E-state index contributed by atoms with van der Waals surface area (Å²) in [5.74, 6) is -3.40. The summed E-state index contributed by atoms with van der Waals surface area (Å²) >= 11 is 0. The number of carbonyl (C=O) groups excluding carboxylic acids is 2. The molecule has 6 nitrogen and oxygen atoms in total. The van der Waals surface area contributed by atoms with Gasteiger partial charge in [0, 0.05) is 6.54 Å². The molecule has 3 N–H and O–H groups in total. The number of carboxylic acids is 1. The first-order valence-corrected chi connectivity index (χ1v) is 5.27. The Morgan fingerprint density at radius 1 is 1.38 bits per heavy atom. The summed E-state index contributed by atoms with van der Waals surface area (Å²) in [5.41, 5.74) is 5.19. The molecule has 0 saturated carbocycles. The third-order valence-electron chi connectivity index (χ3n) is 2.86. The van der Waals surface area contributed by atoms with Gasteiger partial charge in [-0.15, -0.1) is 0 Å². The Morgan fingerprint density at radius 3 is 2.50 bits per heavy atom. The lowest BCUT2D eigenvalue weighted by Crippen LogP contribution is -2.52. The van der Waals surface area contributed by atoms with Crippen molar-refractivity contribution in [2.45, 2.75) is 32.2 Å². The molecule has 2 amide bonds. The Balaban J connectivity index is 2.79. The van der Waals surface area contributed by atoms with Crippen molar-refractivity contribution in [3.8, 4) is 0 Å². The molecular formula is C10H16N2O4. The molecule has 1 aliphatic heterocycles. The van der Waals surface area contributed by atoms with Crippen molar-refractivity contribution in [2.75, 3.05) is 6.54 Å². The molecule has 1 saturated heterocycles. The van der Waals surface area contributed by atoms with Crippen LogP contribution in [0.4, 0.5) is 0 Å². The number of nitrogens with zero attached hydrogens (tertiary/aromatic N) is 1. The van der Waals surface area contributed by atoms with Gasteiger partial charge in [0.15, 0.2) is 0 Å². The molecule has 1 aliphatic rings. The number of piperidine rings is 1. The van der Waals surface area contributed by atoms with Gasteiger partial charge in [-0.3, -0.25) is 14.4 Å². The highest BCUT2D eigenvalue weighted by Crippen LogP contribution is 2.19. The summed E-state index contributed by atoms with van der Waals surface area (Å²) in [6.45, 7) is 1.72. The fourth-order valence-corrected chi connectivity index (χ4v) is 1.85. The largest absolute Gasteiger partial charge is 0.481 e. The van der Waals surface area contributed by atoms with E-state index in [1.807, 2.05) is 0 Å². The number of amides is 2. The van der Waals surface area contributed by atoms with Gasteiger partial charge in [0.05, 0.1) is 0 Å². The van der Waals surface area contributed by atoms with Gasteiger partial charge in [-0.1, -0.05) is 0 Å². The number of likely N-dealkylation sites (tertiary alicyclic amines) is 1. The number of carboxylic acid groups (broad SMARTS) is 1. The highest BCUT2D eigenvalue weighted by atomic mass is 16.4. The second-order valence-corrected chi connectivity index (χ2v) is 4.01. The topological polar surface area (TPSA) is 101 Å². The molecule has 0 aromatic carbocycles. The molecule has 0 aromatic heterocycles. The third kappa shape index (κ3) is 2.50. The highest BCUT2D eigenvalue weighted by Gasteiger charge is 2.35. The summed E-state index contributed by atoms with van der Waals surface area (Å²) in [7, 11) is 0. The van der Waals surface area contributed by atoms with E-state index in [9.17, 15) is 14.4 Å². The van der Waals surface area contributed by atoms with E-state index in [0.717, 1.165) is 12.8 Å². The van der Waals surface area contributed by atoms with Crippen molar-refractivity contribution in [3.63, 3.8) is 0 Å². The lowest BCUT2D eigenvalue weighted by molar-refractivity contribution is -0.154. The van der Waals surface area contributed by atoms with Crippen LogP contribution in [0.25, 0.3) is 0 Å². The van der Waals surface area contributed by atoms with Crippen LogP contribution in [-0.4, -0.2) is 40.4 Å². The molecule has 2 atom stereocenters. The van der Waals surface area contributed by atoms with E-state index >= 15 is 0 Å². The van der Waals surface area contributed by atoms with Gasteiger partial charge in [0.2, 0.25) is 11.8 Å². The smallest absolute Gasteiger partial charge is 0.315 e. The predicted molar refractivity (Wildman–Crippen MR) is 55.3 cm³/mol. The SMILES string of the molecule is CC(C(=O)O)C(=O)N1CCCCC1C(N)=O. The lowest BCUT2D eigenvalue weighted by atomic mass is 9.99. The van der Waals surface area contributed by atoms with Crippen molar-refractivity contribution in [3.05, 3.63) is 0 Å². The van der Waals surface area contributed by atoms with Crippen LogP contribution in [-0.2, 0) is 14.4 Å². The second-order valence-electron chi connectivity index (χ2n) is 4.01. The standard InChI is InChI=1S/C10H16N2O4/c1-6(10(15)16)9(14)12-5-3-2-4-7(12)8(11)13/h6-7H,2-5H2,1H3,(H2,11,13)(H,15,16). The fraction of sp³-hybridized carbons (Fsp3) is 0.700. The Morgan fingerprint density at radius 2 is 2.00 bits per heavy atom. The quantitative estimate of drug-likeness (QED) is 0.640. The van der Waals surface area contributed by atoms with Crippen LogP contribution in [0, 0.1) is 5.92 Å². The van der Waals surface area contributed by atoms with E-state index in [2.05, 4.69) is 0 Å². The monoisotopic (exact) mass is 228 g/mol. The summed E-state index contributed by atoms with van der Waals surface area (Å²) in [5, 5.41) is 8.74. The minimum Gasteiger partial charge on any atom is -0.481 e. The summed E-state index contributed by atoms with van der Waals surface area (Å²) < 4.78 is 0. The molecule has 0 radical (unpaired) electrons. The van der Waals surface area contributed by atoms with Gasteiger partial charge in [-0.25, -0.2) is 0 Å². The highest BCUT2D eigenvalue weighted by molar-refractivity contribution is 5.98. The molecule has 1 rings (SSSR count). The molecule has 0 spiro atoms. The lowest BCUT2D eigenvalue weighted by Gasteiger charge is -2.34. The molecule has 0 aliphatic carbocycles. The first-order chi connectivity index (χ1) is 7.45. The maximum Gasteiger partial charge on any atom is 0.315 e. The van der Waals surface area contributed by atoms with Crippen molar-refractivity contribution < 1.29 is 19.5 Å². The number of hydrogen-bond donors (Lipinski definition) is 2. The van der Waals surface area contributed by atoms with E-state index < -0.39 is 29.7 Å². The van der Waals surface area contributed by atoms with Crippen LogP contribution in [0.5, 0.6) is 0 Å². The number of primary amides is 1. The van der Waals surface area contributed by atoms with Gasteiger partial charge in [0.1, 0.15) is 12.0 Å². The van der Waals surface area contributed by atoms with E-state index in [0.29, 0.717) is 13.0 Å². The number of nitrogens with two attached hydrogens (primary N) is 1. The zero-order valence-electron chi connectivity index (χ0n) is 9.18. The molecule has 90 valence electrons. The van der Waals surface area contributed by atoms with Crippen molar-refractivity contribution >= 4 is 17.8 Å².